The number of amides is 1. The molecular formula is C14H14ClNO5. The van der Waals surface area contributed by atoms with Crippen molar-refractivity contribution in [2.75, 3.05) is 0 Å². The third kappa shape index (κ3) is 6.09. The molecule has 6 nitrogen and oxygen atoms in total. The zero-order valence-electron chi connectivity index (χ0n) is 11.0. The van der Waals surface area contributed by atoms with Crippen LogP contribution in [-0.2, 0) is 14.4 Å². The summed E-state index contributed by atoms with van der Waals surface area (Å²) in [4.78, 5) is 33.0. The summed E-state index contributed by atoms with van der Waals surface area (Å²) in [7, 11) is 0. The normalized spacial score (nSPS) is 12.0. The Labute approximate surface area is 126 Å². The van der Waals surface area contributed by atoms with Crippen LogP contribution in [0.1, 0.15) is 18.4 Å². The molecule has 3 N–H and O–H groups in total. The van der Waals surface area contributed by atoms with Crippen LogP contribution in [0.2, 0.25) is 5.02 Å². The van der Waals surface area contributed by atoms with Gasteiger partial charge in [0.1, 0.15) is 6.04 Å². The molecule has 0 aromatic heterocycles. The Morgan fingerprint density at radius 1 is 1.24 bits per heavy atom. The lowest BCUT2D eigenvalue weighted by Gasteiger charge is -2.11. The minimum Gasteiger partial charge on any atom is -0.481 e. The third-order valence-electron chi connectivity index (χ3n) is 2.58. The number of rotatable bonds is 7. The second-order valence-corrected chi connectivity index (χ2v) is 4.59. The van der Waals surface area contributed by atoms with Crippen molar-refractivity contribution in [1.29, 1.82) is 0 Å². The summed E-state index contributed by atoms with van der Waals surface area (Å²) >= 11 is 5.91. The van der Waals surface area contributed by atoms with E-state index < -0.39 is 23.9 Å². The van der Waals surface area contributed by atoms with Gasteiger partial charge >= 0.3 is 11.9 Å². The Morgan fingerprint density at radius 2 is 1.90 bits per heavy atom. The van der Waals surface area contributed by atoms with Crippen molar-refractivity contribution in [3.8, 4) is 0 Å². The van der Waals surface area contributed by atoms with Crippen molar-refractivity contribution >= 4 is 35.5 Å². The molecule has 0 aliphatic carbocycles. The first-order valence-electron chi connectivity index (χ1n) is 6.08. The minimum absolute atomic E-state index is 0.184. The Morgan fingerprint density at radius 3 is 2.48 bits per heavy atom. The topological polar surface area (TPSA) is 104 Å². The molecule has 0 fully saturated rings. The predicted octanol–water partition coefficient (Wildman–Crippen LogP) is 1.79. The van der Waals surface area contributed by atoms with E-state index in [9.17, 15) is 14.4 Å². The fourth-order valence-corrected chi connectivity index (χ4v) is 1.72. The molecule has 0 spiro atoms. The molecule has 1 atom stereocenters. The van der Waals surface area contributed by atoms with Gasteiger partial charge in [0.2, 0.25) is 5.91 Å². The highest BCUT2D eigenvalue weighted by Crippen LogP contribution is 2.16. The lowest BCUT2D eigenvalue weighted by atomic mass is 10.1. The molecule has 21 heavy (non-hydrogen) atoms. The van der Waals surface area contributed by atoms with E-state index in [1.165, 1.54) is 6.08 Å². The molecule has 1 unspecified atom stereocenters. The van der Waals surface area contributed by atoms with Crippen molar-refractivity contribution in [2.45, 2.75) is 18.9 Å². The first kappa shape index (κ1) is 16.7. The molecule has 0 bridgehead atoms. The molecule has 1 aromatic rings. The van der Waals surface area contributed by atoms with Gasteiger partial charge in [-0.25, -0.2) is 4.79 Å². The molecule has 0 aliphatic rings. The molecule has 0 radical (unpaired) electrons. The fourth-order valence-electron chi connectivity index (χ4n) is 1.52. The van der Waals surface area contributed by atoms with E-state index in [2.05, 4.69) is 5.32 Å². The van der Waals surface area contributed by atoms with Crippen molar-refractivity contribution in [3.05, 3.63) is 40.9 Å². The summed E-state index contributed by atoms with van der Waals surface area (Å²) in [5.41, 5.74) is 0.617. The second-order valence-electron chi connectivity index (χ2n) is 4.19. The summed E-state index contributed by atoms with van der Waals surface area (Å²) in [5.74, 6) is -3.04. The summed E-state index contributed by atoms with van der Waals surface area (Å²) in [6.07, 6.45) is 2.08. The van der Waals surface area contributed by atoms with Gasteiger partial charge in [-0.15, -0.1) is 0 Å². The van der Waals surface area contributed by atoms with Crippen molar-refractivity contribution in [3.63, 3.8) is 0 Å². The van der Waals surface area contributed by atoms with Gasteiger partial charge in [0.25, 0.3) is 0 Å². The average molecular weight is 312 g/mol. The maximum atomic E-state index is 11.6. The minimum atomic E-state index is -1.28. The Kier molecular flexibility index (Phi) is 6.42. The number of halogens is 1. The summed E-state index contributed by atoms with van der Waals surface area (Å²) in [6.45, 7) is 0. The number of carboxylic acids is 2. The van der Waals surface area contributed by atoms with Crippen LogP contribution in [-0.4, -0.2) is 34.1 Å². The van der Waals surface area contributed by atoms with Crippen LogP contribution in [0.4, 0.5) is 0 Å². The molecule has 0 saturated heterocycles. The number of hydrogen-bond donors (Lipinski definition) is 3. The van der Waals surface area contributed by atoms with Crippen LogP contribution in [0.5, 0.6) is 0 Å². The van der Waals surface area contributed by atoms with E-state index in [1.807, 2.05) is 0 Å². The smallest absolute Gasteiger partial charge is 0.326 e. The van der Waals surface area contributed by atoms with Gasteiger partial charge in [-0.3, -0.25) is 9.59 Å². The standard InChI is InChI=1S/C14H14ClNO5/c15-10-4-2-1-3-9(10)5-7-12(17)16-11(14(20)21)6-8-13(18)19/h1-5,7,11H,6,8H2,(H,16,17)(H,18,19)(H,20,21)/b7-5+. The largest absolute Gasteiger partial charge is 0.481 e. The van der Waals surface area contributed by atoms with Gasteiger partial charge in [0.15, 0.2) is 0 Å². The van der Waals surface area contributed by atoms with Crippen LogP contribution in [0.25, 0.3) is 6.08 Å². The zero-order valence-corrected chi connectivity index (χ0v) is 11.7. The SMILES string of the molecule is O=C(O)CCC(NC(=O)/C=C/c1ccccc1Cl)C(=O)O. The van der Waals surface area contributed by atoms with Crippen LogP contribution in [0.3, 0.4) is 0 Å². The van der Waals surface area contributed by atoms with Crippen LogP contribution in [0.15, 0.2) is 30.3 Å². The van der Waals surface area contributed by atoms with Crippen LogP contribution >= 0.6 is 11.6 Å². The van der Waals surface area contributed by atoms with E-state index in [0.29, 0.717) is 10.6 Å². The van der Waals surface area contributed by atoms with E-state index in [0.717, 1.165) is 6.08 Å². The summed E-state index contributed by atoms with van der Waals surface area (Å²) in [5, 5.41) is 20.1. The Hall–Kier alpha value is -2.34. The van der Waals surface area contributed by atoms with Crippen LogP contribution in [0, 0.1) is 0 Å². The summed E-state index contributed by atoms with van der Waals surface area (Å²) < 4.78 is 0. The maximum Gasteiger partial charge on any atom is 0.326 e. The number of aliphatic carboxylic acids is 2. The highest BCUT2D eigenvalue weighted by atomic mass is 35.5. The molecular weight excluding hydrogens is 298 g/mol. The van der Waals surface area contributed by atoms with E-state index >= 15 is 0 Å². The molecule has 7 heteroatoms. The van der Waals surface area contributed by atoms with Gasteiger partial charge in [-0.05, 0) is 24.1 Å². The third-order valence-corrected chi connectivity index (χ3v) is 2.93. The Bertz CT molecular complexity index is 570. The molecule has 112 valence electrons. The van der Waals surface area contributed by atoms with Gasteiger partial charge in [0.05, 0.1) is 0 Å². The molecule has 0 aliphatic heterocycles. The van der Waals surface area contributed by atoms with Crippen molar-refractivity contribution in [2.24, 2.45) is 0 Å². The lowest BCUT2D eigenvalue weighted by molar-refractivity contribution is -0.142. The van der Waals surface area contributed by atoms with E-state index in [1.54, 1.807) is 24.3 Å². The van der Waals surface area contributed by atoms with Gasteiger partial charge in [-0.2, -0.15) is 0 Å². The average Bonchev–Trinajstić information content (AvgIpc) is 2.42. The predicted molar refractivity (Wildman–Crippen MR) is 76.9 cm³/mol. The maximum absolute atomic E-state index is 11.6. The fraction of sp³-hybridized carbons (Fsp3) is 0.214. The number of benzene rings is 1. The first-order chi connectivity index (χ1) is 9.90. The highest BCUT2D eigenvalue weighted by Gasteiger charge is 2.19. The van der Waals surface area contributed by atoms with Crippen molar-refractivity contribution in [1.82, 2.24) is 5.32 Å². The van der Waals surface area contributed by atoms with Crippen molar-refractivity contribution < 1.29 is 24.6 Å². The first-order valence-corrected chi connectivity index (χ1v) is 6.45. The van der Waals surface area contributed by atoms with Crippen LogP contribution < -0.4 is 5.32 Å². The molecule has 1 amide bonds. The molecule has 1 aromatic carbocycles. The zero-order chi connectivity index (χ0) is 15.8. The summed E-state index contributed by atoms with van der Waals surface area (Å²) in [6, 6.07) is 5.60. The number of carbonyl (C=O) groups is 3. The van der Waals surface area contributed by atoms with E-state index in [-0.39, 0.29) is 12.8 Å². The quantitative estimate of drug-likeness (QED) is 0.666. The molecule has 0 saturated carbocycles. The number of carboxylic acid groups (broad SMARTS) is 2. The number of carbonyl (C=O) groups excluding carboxylic acids is 1. The Balaban J connectivity index is 2.64. The number of hydrogen-bond acceptors (Lipinski definition) is 3. The van der Waals surface area contributed by atoms with Gasteiger partial charge in [-0.1, -0.05) is 29.8 Å². The monoisotopic (exact) mass is 311 g/mol. The van der Waals surface area contributed by atoms with E-state index in [4.69, 9.17) is 21.8 Å². The van der Waals surface area contributed by atoms with Gasteiger partial charge < -0.3 is 15.5 Å². The number of nitrogens with one attached hydrogen (secondary N) is 1. The second kappa shape index (κ2) is 8.06. The molecule has 0 heterocycles. The lowest BCUT2D eigenvalue weighted by Crippen LogP contribution is -2.40. The van der Waals surface area contributed by atoms with Gasteiger partial charge in [0, 0.05) is 17.5 Å². The highest BCUT2D eigenvalue weighted by molar-refractivity contribution is 6.32. The molecule has 1 rings (SSSR count).